The molecule has 2 saturated carbocycles. The Morgan fingerprint density at radius 3 is 2.30 bits per heavy atom. The molecule has 0 spiro atoms. The lowest BCUT2D eigenvalue weighted by Gasteiger charge is -2.66. The summed E-state index contributed by atoms with van der Waals surface area (Å²) in [4.78, 5) is 40.8. The molecule has 3 aromatic rings. The van der Waals surface area contributed by atoms with E-state index in [1.807, 2.05) is 63.2 Å². The predicted molar refractivity (Wildman–Crippen MR) is 176 cm³/mol. The van der Waals surface area contributed by atoms with Crippen LogP contribution in [0.3, 0.4) is 0 Å². The second-order valence-corrected chi connectivity index (χ2v) is 14.8. The minimum absolute atomic E-state index is 0.0546. The average molecular weight is 641 g/mol. The minimum atomic E-state index is -2.54. The van der Waals surface area contributed by atoms with Crippen LogP contribution in [0.15, 0.2) is 66.7 Å². The number of aliphatic hydroxyl groups is 3. The Bertz CT molecular complexity index is 1740. The van der Waals surface area contributed by atoms with Crippen LogP contribution in [0.4, 0.5) is 0 Å². The number of hydrogen-bond acceptors (Lipinski definition) is 8. The van der Waals surface area contributed by atoms with Crippen molar-refractivity contribution in [2.24, 2.45) is 40.2 Å². The highest BCUT2D eigenvalue weighted by Crippen LogP contribution is 2.66. The van der Waals surface area contributed by atoms with Gasteiger partial charge in [0.2, 0.25) is 5.91 Å². The summed E-state index contributed by atoms with van der Waals surface area (Å²) in [5.41, 5.74) is 5.17. The van der Waals surface area contributed by atoms with Gasteiger partial charge in [-0.25, -0.2) is 0 Å². The summed E-state index contributed by atoms with van der Waals surface area (Å²) in [6.45, 7) is 8.50. The molecule has 6 rings (SSSR count). The molecule has 3 aromatic carbocycles. The molecular formula is C38H44N2O7. The van der Waals surface area contributed by atoms with E-state index >= 15 is 0 Å². The Balaban J connectivity index is 1.41. The fraction of sp³-hybridized carbons (Fsp3) is 0.447. The number of carbonyl (C=O) groups is 3. The second-order valence-electron chi connectivity index (χ2n) is 14.8. The van der Waals surface area contributed by atoms with Gasteiger partial charge in [-0.05, 0) is 70.0 Å². The van der Waals surface area contributed by atoms with Crippen LogP contribution in [-0.4, -0.2) is 55.7 Å². The summed E-state index contributed by atoms with van der Waals surface area (Å²) in [5.74, 6) is -7.09. The van der Waals surface area contributed by atoms with Crippen molar-refractivity contribution in [1.29, 1.82) is 0 Å². The number of hydrogen-bond donors (Lipinski definition) is 6. The number of amides is 1. The number of rotatable bonds is 7. The zero-order chi connectivity index (χ0) is 34.1. The number of fused-ring (bicyclic) bond motifs is 3. The van der Waals surface area contributed by atoms with Crippen molar-refractivity contribution in [2.75, 3.05) is 0 Å². The smallest absolute Gasteiger partial charge is 0.230 e. The summed E-state index contributed by atoms with van der Waals surface area (Å²) in [6.07, 6.45) is -3.02. The van der Waals surface area contributed by atoms with Gasteiger partial charge in [-0.15, -0.1) is 0 Å². The van der Waals surface area contributed by atoms with Crippen molar-refractivity contribution in [2.45, 2.75) is 71.4 Å². The Hall–Kier alpha value is -3.89. The van der Waals surface area contributed by atoms with Crippen LogP contribution in [0.25, 0.3) is 11.1 Å². The first-order valence-electron chi connectivity index (χ1n) is 16.3. The van der Waals surface area contributed by atoms with Gasteiger partial charge in [0.25, 0.3) is 0 Å². The first kappa shape index (κ1) is 33.0. The van der Waals surface area contributed by atoms with Crippen LogP contribution in [0.1, 0.15) is 61.2 Å². The standard InChI is InChI=1S/C38H44N2O7/c1-20(2)29-32(43)28(35(39)46)33(44)38(47)34(45)30-31(42)27-25(16-36(30,3)19-37(29,38)4)24(13-14-26(27)41)23-12-8-11-22(15-23)18-40-17-21-9-6-5-7-10-21/h5-15,20,28-30,32,34,40-41,43,45,47H,16-19H2,1-4H3,(H2,39,46)/t28-,29+,30-,32?,34?,36-,37-,38+/m1/s1. The lowest BCUT2D eigenvalue weighted by Crippen LogP contribution is -2.79. The van der Waals surface area contributed by atoms with Crippen LogP contribution in [0, 0.1) is 34.5 Å². The van der Waals surface area contributed by atoms with Crippen molar-refractivity contribution in [3.63, 3.8) is 0 Å². The molecule has 2 fully saturated rings. The first-order valence-corrected chi connectivity index (χ1v) is 16.3. The molecule has 0 heterocycles. The third-order valence-electron chi connectivity index (χ3n) is 11.4. The van der Waals surface area contributed by atoms with E-state index in [1.165, 1.54) is 11.6 Å². The van der Waals surface area contributed by atoms with E-state index in [9.17, 15) is 34.8 Å². The Morgan fingerprint density at radius 1 is 0.979 bits per heavy atom. The molecule has 9 heteroatoms. The van der Waals surface area contributed by atoms with E-state index in [0.29, 0.717) is 18.7 Å². The maximum absolute atomic E-state index is 14.4. The fourth-order valence-corrected chi connectivity index (χ4v) is 9.60. The molecular weight excluding hydrogens is 596 g/mol. The van der Waals surface area contributed by atoms with Gasteiger partial charge < -0.3 is 31.5 Å². The lowest BCUT2D eigenvalue weighted by molar-refractivity contribution is -0.265. The van der Waals surface area contributed by atoms with Crippen LogP contribution >= 0.6 is 0 Å². The first-order chi connectivity index (χ1) is 22.2. The van der Waals surface area contributed by atoms with Crippen LogP contribution in [-0.2, 0) is 29.1 Å². The topological polar surface area (TPSA) is 170 Å². The van der Waals surface area contributed by atoms with Crippen molar-refractivity contribution in [3.05, 3.63) is 89.0 Å². The number of aromatic hydroxyl groups is 1. The number of nitrogens with one attached hydrogen (secondary N) is 1. The monoisotopic (exact) mass is 640 g/mol. The summed E-state index contributed by atoms with van der Waals surface area (Å²) in [7, 11) is 0. The van der Waals surface area contributed by atoms with Crippen LogP contribution in [0.5, 0.6) is 5.75 Å². The van der Waals surface area contributed by atoms with Gasteiger partial charge in [0.15, 0.2) is 17.2 Å². The summed E-state index contributed by atoms with van der Waals surface area (Å²) >= 11 is 0. The van der Waals surface area contributed by atoms with Gasteiger partial charge in [0.05, 0.1) is 17.6 Å². The quantitative estimate of drug-likeness (QED) is 0.213. The molecule has 0 radical (unpaired) electrons. The fourth-order valence-electron chi connectivity index (χ4n) is 9.60. The third-order valence-corrected chi connectivity index (χ3v) is 11.4. The van der Waals surface area contributed by atoms with Gasteiger partial charge in [-0.1, -0.05) is 82.3 Å². The number of aliphatic hydroxyl groups excluding tert-OH is 2. The van der Waals surface area contributed by atoms with Gasteiger partial charge in [0, 0.05) is 18.5 Å². The van der Waals surface area contributed by atoms with Crippen LogP contribution in [0.2, 0.25) is 0 Å². The maximum Gasteiger partial charge on any atom is 0.230 e. The van der Waals surface area contributed by atoms with Crippen molar-refractivity contribution in [1.82, 2.24) is 5.32 Å². The molecule has 8 atom stereocenters. The molecule has 1 amide bonds. The normalized spacial score (nSPS) is 33.2. The zero-order valence-corrected chi connectivity index (χ0v) is 27.2. The van der Waals surface area contributed by atoms with E-state index in [2.05, 4.69) is 17.4 Å². The Labute approximate surface area is 274 Å². The number of phenols is 1. The highest BCUT2D eigenvalue weighted by Gasteiger charge is 2.75. The molecule has 3 aliphatic carbocycles. The minimum Gasteiger partial charge on any atom is -0.507 e. The summed E-state index contributed by atoms with van der Waals surface area (Å²) in [6, 6.07) is 21.3. The molecule has 9 nitrogen and oxygen atoms in total. The largest absolute Gasteiger partial charge is 0.507 e. The summed E-state index contributed by atoms with van der Waals surface area (Å²) in [5, 5.41) is 50.2. The van der Waals surface area contributed by atoms with Gasteiger partial charge >= 0.3 is 0 Å². The molecule has 0 saturated heterocycles. The highest BCUT2D eigenvalue weighted by molar-refractivity contribution is 6.09. The average Bonchev–Trinajstić information content (AvgIpc) is 2.99. The van der Waals surface area contributed by atoms with E-state index in [4.69, 9.17) is 5.73 Å². The molecule has 0 bridgehead atoms. The number of phenolic OH excluding ortho intramolecular Hbond substituents is 1. The van der Waals surface area contributed by atoms with Gasteiger partial charge in [-0.3, -0.25) is 14.4 Å². The number of ketones is 2. The maximum atomic E-state index is 14.4. The predicted octanol–water partition coefficient (Wildman–Crippen LogP) is 3.53. The summed E-state index contributed by atoms with van der Waals surface area (Å²) < 4.78 is 0. The van der Waals surface area contributed by atoms with Crippen molar-refractivity contribution >= 4 is 17.5 Å². The third kappa shape index (κ3) is 4.94. The number of Topliss-reactive ketones (excluding diaryl/α,β-unsaturated/α-hetero) is 2. The van der Waals surface area contributed by atoms with E-state index in [0.717, 1.165) is 16.7 Å². The molecule has 0 aliphatic heterocycles. The Morgan fingerprint density at radius 2 is 1.64 bits per heavy atom. The molecule has 7 N–H and O–H groups in total. The van der Waals surface area contributed by atoms with Crippen molar-refractivity contribution < 1.29 is 34.8 Å². The van der Waals surface area contributed by atoms with E-state index in [1.54, 1.807) is 13.0 Å². The number of carbonyl (C=O) groups excluding carboxylic acids is 3. The molecule has 0 aromatic heterocycles. The highest BCUT2D eigenvalue weighted by atomic mass is 16.4. The number of primary amides is 1. The molecule has 248 valence electrons. The van der Waals surface area contributed by atoms with Gasteiger partial charge in [-0.2, -0.15) is 0 Å². The SMILES string of the molecule is CC(C)[C@H]1C(O)[C@@H](C(N)=O)C(=O)[C@]2(O)C(O)[C@H]3C(=O)c4c(O)ccc(-c5cccc(CNCc6ccccc6)c5)c4C[C@]3(C)C[C@]12C. The molecule has 47 heavy (non-hydrogen) atoms. The van der Waals surface area contributed by atoms with E-state index in [-0.39, 0.29) is 30.1 Å². The van der Waals surface area contributed by atoms with Crippen molar-refractivity contribution in [3.8, 4) is 16.9 Å². The zero-order valence-electron chi connectivity index (χ0n) is 27.2. The van der Waals surface area contributed by atoms with E-state index < -0.39 is 63.9 Å². The van der Waals surface area contributed by atoms with Crippen LogP contribution < -0.4 is 11.1 Å². The Kier molecular flexibility index (Phi) is 8.20. The molecule has 2 unspecified atom stereocenters. The van der Waals surface area contributed by atoms with Gasteiger partial charge in [0.1, 0.15) is 17.8 Å². The number of benzene rings is 3. The molecule has 3 aliphatic rings. The lowest BCUT2D eigenvalue weighted by atomic mass is 9.39. The number of nitrogens with two attached hydrogens (primary N) is 1. The second kappa shape index (κ2) is 11.7.